The summed E-state index contributed by atoms with van der Waals surface area (Å²) in [7, 11) is 0. The molecule has 0 aliphatic carbocycles. The summed E-state index contributed by atoms with van der Waals surface area (Å²) in [6.07, 6.45) is 0. The molecule has 0 atom stereocenters. The van der Waals surface area contributed by atoms with Crippen molar-refractivity contribution >= 4 is 5.69 Å². The number of aromatic hydroxyl groups is 1. The maximum Gasteiger partial charge on any atom is 0.119 e. The monoisotopic (exact) mass is 395 g/mol. The van der Waals surface area contributed by atoms with Crippen LogP contribution in [-0.4, -0.2) is 66.3 Å². The lowest BCUT2D eigenvalue weighted by Crippen LogP contribution is -2.50. The van der Waals surface area contributed by atoms with Crippen molar-refractivity contribution < 1.29 is 5.11 Å². The lowest BCUT2D eigenvalue weighted by atomic mass is 10.0. The lowest BCUT2D eigenvalue weighted by molar-refractivity contribution is 0.140. The molecule has 0 bridgehead atoms. The van der Waals surface area contributed by atoms with Crippen LogP contribution in [0.15, 0.2) is 42.5 Å². The molecule has 0 amide bonds. The summed E-state index contributed by atoms with van der Waals surface area (Å²) in [6.45, 7) is 17.8. The molecule has 0 aromatic heterocycles. The van der Waals surface area contributed by atoms with Gasteiger partial charge in [0.1, 0.15) is 5.75 Å². The van der Waals surface area contributed by atoms with Gasteiger partial charge in [-0.3, -0.25) is 9.80 Å². The van der Waals surface area contributed by atoms with Crippen LogP contribution < -0.4 is 4.90 Å². The van der Waals surface area contributed by atoms with Crippen molar-refractivity contribution in [1.82, 2.24) is 9.80 Å². The average Bonchev–Trinajstić information content (AvgIpc) is 2.70. The SMILES string of the molecule is Cc1ccc(-c2ccc(N3CCN(CCN(C(C)C)C(C)C)CC3)cc2)cc1O. The van der Waals surface area contributed by atoms with Gasteiger partial charge in [-0.05, 0) is 69.5 Å². The number of piperazine rings is 1. The summed E-state index contributed by atoms with van der Waals surface area (Å²) in [6, 6.07) is 15.8. The standard InChI is InChI=1S/C25H37N3O/c1-19(2)28(20(3)4)17-14-26-12-15-27(16-13-26)24-10-8-22(9-11-24)23-7-6-21(5)25(29)18-23/h6-11,18-20,29H,12-17H2,1-5H3. The molecule has 0 saturated carbocycles. The van der Waals surface area contributed by atoms with Crippen LogP contribution in [0.5, 0.6) is 5.75 Å². The minimum Gasteiger partial charge on any atom is -0.508 e. The van der Waals surface area contributed by atoms with E-state index < -0.39 is 0 Å². The first-order valence-electron chi connectivity index (χ1n) is 11.0. The minimum atomic E-state index is 0.358. The van der Waals surface area contributed by atoms with E-state index in [1.807, 2.05) is 19.1 Å². The van der Waals surface area contributed by atoms with E-state index in [-0.39, 0.29) is 0 Å². The molecule has 0 radical (unpaired) electrons. The topological polar surface area (TPSA) is 30.0 Å². The Kier molecular flexibility index (Phi) is 7.20. The van der Waals surface area contributed by atoms with Crippen LogP contribution in [0.2, 0.25) is 0 Å². The largest absolute Gasteiger partial charge is 0.508 e. The van der Waals surface area contributed by atoms with Crippen molar-refractivity contribution in [1.29, 1.82) is 0 Å². The second-order valence-corrected chi connectivity index (χ2v) is 8.80. The zero-order valence-corrected chi connectivity index (χ0v) is 18.7. The first-order chi connectivity index (χ1) is 13.8. The van der Waals surface area contributed by atoms with Gasteiger partial charge in [0.05, 0.1) is 0 Å². The molecule has 4 nitrogen and oxygen atoms in total. The molecule has 1 N–H and O–H groups in total. The van der Waals surface area contributed by atoms with Crippen molar-refractivity contribution in [2.75, 3.05) is 44.2 Å². The number of hydrogen-bond acceptors (Lipinski definition) is 4. The van der Waals surface area contributed by atoms with Crippen molar-refractivity contribution in [2.24, 2.45) is 0 Å². The van der Waals surface area contributed by atoms with Gasteiger partial charge in [-0.25, -0.2) is 0 Å². The molecule has 0 unspecified atom stereocenters. The molecule has 29 heavy (non-hydrogen) atoms. The van der Waals surface area contributed by atoms with Gasteiger partial charge in [0.2, 0.25) is 0 Å². The highest BCUT2D eigenvalue weighted by Gasteiger charge is 2.19. The van der Waals surface area contributed by atoms with Crippen LogP contribution in [0.1, 0.15) is 33.3 Å². The molecule has 1 saturated heterocycles. The summed E-state index contributed by atoms with van der Waals surface area (Å²) >= 11 is 0. The molecule has 1 aliphatic heterocycles. The van der Waals surface area contributed by atoms with Gasteiger partial charge in [0.15, 0.2) is 0 Å². The molecular weight excluding hydrogens is 358 g/mol. The van der Waals surface area contributed by atoms with Gasteiger partial charge >= 0.3 is 0 Å². The van der Waals surface area contributed by atoms with Gasteiger partial charge < -0.3 is 10.0 Å². The highest BCUT2D eigenvalue weighted by molar-refractivity contribution is 5.68. The number of hydrogen-bond donors (Lipinski definition) is 1. The molecule has 1 fully saturated rings. The molecule has 2 aromatic carbocycles. The van der Waals surface area contributed by atoms with Crippen LogP contribution in [0.3, 0.4) is 0 Å². The Labute approximate surface area is 176 Å². The van der Waals surface area contributed by atoms with Gasteiger partial charge in [0.25, 0.3) is 0 Å². The van der Waals surface area contributed by atoms with Crippen LogP contribution in [-0.2, 0) is 0 Å². The summed E-state index contributed by atoms with van der Waals surface area (Å²) in [5.74, 6) is 0.358. The van der Waals surface area contributed by atoms with E-state index in [0.29, 0.717) is 17.8 Å². The van der Waals surface area contributed by atoms with E-state index in [1.54, 1.807) is 0 Å². The minimum absolute atomic E-state index is 0.358. The van der Waals surface area contributed by atoms with E-state index in [1.165, 1.54) is 5.69 Å². The van der Waals surface area contributed by atoms with Crippen LogP contribution in [0, 0.1) is 6.92 Å². The first kappa shape index (κ1) is 21.7. The molecule has 4 heteroatoms. The quantitative estimate of drug-likeness (QED) is 0.742. The number of nitrogens with zero attached hydrogens (tertiary/aromatic N) is 3. The highest BCUT2D eigenvalue weighted by Crippen LogP contribution is 2.28. The normalized spacial score (nSPS) is 15.7. The highest BCUT2D eigenvalue weighted by atomic mass is 16.3. The molecule has 3 rings (SSSR count). The maximum atomic E-state index is 9.97. The number of anilines is 1. The fraction of sp³-hybridized carbons (Fsp3) is 0.520. The van der Waals surface area contributed by atoms with Crippen molar-refractivity contribution in [3.05, 3.63) is 48.0 Å². The van der Waals surface area contributed by atoms with E-state index in [2.05, 4.69) is 72.7 Å². The molecule has 0 spiro atoms. The predicted molar refractivity (Wildman–Crippen MR) is 124 cm³/mol. The smallest absolute Gasteiger partial charge is 0.119 e. The number of benzene rings is 2. The van der Waals surface area contributed by atoms with Gasteiger partial charge in [0, 0.05) is 57.0 Å². The van der Waals surface area contributed by atoms with Crippen LogP contribution in [0.4, 0.5) is 5.69 Å². The van der Waals surface area contributed by atoms with E-state index in [0.717, 1.165) is 56.0 Å². The number of aryl methyl sites for hydroxylation is 1. The number of rotatable bonds is 7. The van der Waals surface area contributed by atoms with Gasteiger partial charge in [-0.1, -0.05) is 24.3 Å². The zero-order valence-electron chi connectivity index (χ0n) is 18.7. The second-order valence-electron chi connectivity index (χ2n) is 8.80. The van der Waals surface area contributed by atoms with Crippen molar-refractivity contribution in [3.63, 3.8) is 0 Å². The zero-order chi connectivity index (χ0) is 21.0. The number of phenolic OH excluding ortho intramolecular Hbond substituents is 1. The van der Waals surface area contributed by atoms with Crippen molar-refractivity contribution in [3.8, 4) is 16.9 Å². The van der Waals surface area contributed by atoms with E-state index in [9.17, 15) is 5.11 Å². The molecule has 1 heterocycles. The first-order valence-corrected chi connectivity index (χ1v) is 11.0. The fourth-order valence-electron chi connectivity index (χ4n) is 4.25. The average molecular weight is 396 g/mol. The molecule has 158 valence electrons. The summed E-state index contributed by atoms with van der Waals surface area (Å²) in [5, 5.41) is 9.97. The predicted octanol–water partition coefficient (Wildman–Crippen LogP) is 4.61. The fourth-order valence-corrected chi connectivity index (χ4v) is 4.25. The Balaban J connectivity index is 1.53. The third-order valence-corrected chi connectivity index (χ3v) is 6.15. The number of phenols is 1. The molecular formula is C25H37N3O. The maximum absolute atomic E-state index is 9.97. The van der Waals surface area contributed by atoms with E-state index >= 15 is 0 Å². The lowest BCUT2D eigenvalue weighted by Gasteiger charge is -2.38. The Morgan fingerprint density at radius 2 is 1.45 bits per heavy atom. The summed E-state index contributed by atoms with van der Waals surface area (Å²) < 4.78 is 0. The molecule has 2 aromatic rings. The van der Waals surface area contributed by atoms with Gasteiger partial charge in [-0.15, -0.1) is 0 Å². The Bertz CT molecular complexity index is 769. The van der Waals surface area contributed by atoms with Crippen LogP contribution in [0.25, 0.3) is 11.1 Å². The van der Waals surface area contributed by atoms with E-state index in [4.69, 9.17) is 0 Å². The third kappa shape index (κ3) is 5.52. The Hall–Kier alpha value is -2.04. The van der Waals surface area contributed by atoms with Crippen molar-refractivity contribution in [2.45, 2.75) is 46.7 Å². The van der Waals surface area contributed by atoms with Gasteiger partial charge in [-0.2, -0.15) is 0 Å². The second kappa shape index (κ2) is 9.64. The van der Waals surface area contributed by atoms with Crippen LogP contribution >= 0.6 is 0 Å². The Morgan fingerprint density at radius 3 is 2.00 bits per heavy atom. The third-order valence-electron chi connectivity index (χ3n) is 6.15. The molecule has 1 aliphatic rings. The summed E-state index contributed by atoms with van der Waals surface area (Å²) in [4.78, 5) is 7.65. The summed E-state index contributed by atoms with van der Waals surface area (Å²) in [5.41, 5.74) is 4.40. The Morgan fingerprint density at radius 1 is 0.862 bits per heavy atom.